The minimum atomic E-state index is -0.194. The summed E-state index contributed by atoms with van der Waals surface area (Å²) in [5.41, 5.74) is 0.332. The molecule has 2 aromatic rings. The molecule has 0 saturated carbocycles. The fraction of sp³-hybridized carbons (Fsp3) is 0.357. The van der Waals surface area contributed by atoms with Gasteiger partial charge in [0.05, 0.1) is 12.4 Å². The molecule has 0 aromatic carbocycles. The Hall–Kier alpha value is -1.95. The van der Waals surface area contributed by atoms with Crippen molar-refractivity contribution >= 4 is 23.1 Å². The van der Waals surface area contributed by atoms with Gasteiger partial charge in [0.2, 0.25) is 0 Å². The number of hydrogen-bond acceptors (Lipinski definition) is 5. The summed E-state index contributed by atoms with van der Waals surface area (Å²) in [5, 5.41) is 5.80. The Balaban J connectivity index is 1.92. The molecule has 1 atom stereocenters. The minimum absolute atomic E-state index is 0.0614. The quantitative estimate of drug-likeness (QED) is 0.886. The molecule has 1 amide bonds. The van der Waals surface area contributed by atoms with Crippen LogP contribution in [0.1, 0.15) is 27.2 Å². The topological polar surface area (TPSA) is 66.9 Å². The van der Waals surface area contributed by atoms with Crippen molar-refractivity contribution in [2.45, 2.75) is 26.3 Å². The number of carbonyl (C=O) groups is 1. The molecule has 0 saturated heterocycles. The fourth-order valence-corrected chi connectivity index (χ4v) is 2.84. The van der Waals surface area contributed by atoms with Crippen molar-refractivity contribution in [2.24, 2.45) is 0 Å². The summed E-state index contributed by atoms with van der Waals surface area (Å²) in [6, 6.07) is 4.26. The molecule has 20 heavy (non-hydrogen) atoms. The second-order valence-corrected chi connectivity index (χ2v) is 6.00. The van der Waals surface area contributed by atoms with Crippen LogP contribution in [0.4, 0.5) is 5.82 Å². The van der Waals surface area contributed by atoms with Crippen molar-refractivity contribution in [3.8, 4) is 0 Å². The van der Waals surface area contributed by atoms with Gasteiger partial charge in [-0.3, -0.25) is 4.79 Å². The van der Waals surface area contributed by atoms with E-state index < -0.39 is 0 Å². The third-order valence-electron chi connectivity index (χ3n) is 2.82. The summed E-state index contributed by atoms with van der Waals surface area (Å²) in [6.45, 7) is 4.07. The largest absolute Gasteiger partial charge is 0.372 e. The van der Waals surface area contributed by atoms with Gasteiger partial charge in [0, 0.05) is 29.3 Å². The van der Waals surface area contributed by atoms with Gasteiger partial charge < -0.3 is 10.6 Å². The molecule has 0 radical (unpaired) electrons. The van der Waals surface area contributed by atoms with Gasteiger partial charge in [-0.25, -0.2) is 9.97 Å². The van der Waals surface area contributed by atoms with Gasteiger partial charge in [-0.05, 0) is 26.0 Å². The Labute approximate surface area is 122 Å². The first-order valence-electron chi connectivity index (χ1n) is 6.44. The predicted octanol–water partition coefficient (Wildman–Crippen LogP) is 2.25. The maximum atomic E-state index is 12.0. The molecule has 5 nitrogen and oxygen atoms in total. The number of rotatable bonds is 5. The lowest BCUT2D eigenvalue weighted by Gasteiger charge is -2.12. The minimum Gasteiger partial charge on any atom is -0.372 e. The van der Waals surface area contributed by atoms with Gasteiger partial charge in [0.25, 0.3) is 5.91 Å². The molecule has 2 rings (SSSR count). The number of nitrogens with one attached hydrogen (secondary N) is 2. The standard InChI is InChI=1S/C14H18N4OS/c1-9(6-11-5-4-10(2)20-11)18-14(19)12-7-17-13(15-3)8-16-12/h4-5,7-9H,6H2,1-3H3,(H,15,17)(H,18,19). The average molecular weight is 290 g/mol. The highest BCUT2D eigenvalue weighted by Gasteiger charge is 2.12. The number of amides is 1. The van der Waals surface area contributed by atoms with Gasteiger partial charge in [0.1, 0.15) is 11.5 Å². The van der Waals surface area contributed by atoms with E-state index in [1.54, 1.807) is 24.6 Å². The third kappa shape index (κ3) is 3.77. The van der Waals surface area contributed by atoms with Crippen molar-refractivity contribution in [2.75, 3.05) is 12.4 Å². The van der Waals surface area contributed by atoms with E-state index in [0.717, 1.165) is 6.42 Å². The van der Waals surface area contributed by atoms with Crippen molar-refractivity contribution < 1.29 is 4.79 Å². The van der Waals surface area contributed by atoms with Gasteiger partial charge >= 0.3 is 0 Å². The van der Waals surface area contributed by atoms with Crippen LogP contribution in [-0.4, -0.2) is 29.0 Å². The SMILES string of the molecule is CNc1cnc(C(=O)NC(C)Cc2ccc(C)s2)cn1. The van der Waals surface area contributed by atoms with Crippen LogP contribution in [0.3, 0.4) is 0 Å². The van der Waals surface area contributed by atoms with Crippen LogP contribution in [0.5, 0.6) is 0 Å². The van der Waals surface area contributed by atoms with E-state index in [-0.39, 0.29) is 11.9 Å². The Bertz CT molecular complexity index is 579. The van der Waals surface area contributed by atoms with E-state index in [2.05, 4.69) is 39.7 Å². The van der Waals surface area contributed by atoms with Gasteiger partial charge in [-0.2, -0.15) is 0 Å². The molecular formula is C14H18N4OS. The number of aromatic nitrogens is 2. The summed E-state index contributed by atoms with van der Waals surface area (Å²) in [4.78, 5) is 22.7. The van der Waals surface area contributed by atoms with Gasteiger partial charge in [-0.15, -0.1) is 11.3 Å². The second-order valence-electron chi connectivity index (χ2n) is 4.63. The zero-order valence-electron chi connectivity index (χ0n) is 11.8. The van der Waals surface area contributed by atoms with Crippen molar-refractivity contribution in [3.63, 3.8) is 0 Å². The number of carbonyl (C=O) groups excluding carboxylic acids is 1. The monoisotopic (exact) mass is 290 g/mol. The Morgan fingerprint density at radius 1 is 1.35 bits per heavy atom. The van der Waals surface area contributed by atoms with E-state index in [1.165, 1.54) is 16.0 Å². The van der Waals surface area contributed by atoms with Gasteiger partial charge in [-0.1, -0.05) is 0 Å². The Morgan fingerprint density at radius 2 is 2.15 bits per heavy atom. The van der Waals surface area contributed by atoms with Crippen LogP contribution < -0.4 is 10.6 Å². The molecule has 0 fully saturated rings. The lowest BCUT2D eigenvalue weighted by Crippen LogP contribution is -2.34. The van der Waals surface area contributed by atoms with Crippen molar-refractivity contribution in [1.82, 2.24) is 15.3 Å². The molecule has 6 heteroatoms. The van der Waals surface area contributed by atoms with E-state index in [0.29, 0.717) is 11.5 Å². The Kier molecular flexibility index (Phi) is 4.68. The molecule has 0 spiro atoms. The van der Waals surface area contributed by atoms with E-state index in [4.69, 9.17) is 0 Å². The molecule has 0 aliphatic carbocycles. The first-order chi connectivity index (χ1) is 9.58. The highest BCUT2D eigenvalue weighted by atomic mass is 32.1. The summed E-state index contributed by atoms with van der Waals surface area (Å²) < 4.78 is 0. The highest BCUT2D eigenvalue weighted by molar-refractivity contribution is 7.11. The maximum Gasteiger partial charge on any atom is 0.271 e. The Morgan fingerprint density at radius 3 is 2.70 bits per heavy atom. The van der Waals surface area contributed by atoms with Crippen molar-refractivity contribution in [1.29, 1.82) is 0 Å². The van der Waals surface area contributed by atoms with Crippen LogP contribution in [0.2, 0.25) is 0 Å². The average Bonchev–Trinajstić information content (AvgIpc) is 2.84. The van der Waals surface area contributed by atoms with E-state index in [1.807, 2.05) is 6.92 Å². The molecule has 0 bridgehead atoms. The molecule has 0 aliphatic rings. The number of hydrogen-bond donors (Lipinski definition) is 2. The molecule has 2 heterocycles. The maximum absolute atomic E-state index is 12.0. The number of aryl methyl sites for hydroxylation is 1. The molecule has 0 aliphatic heterocycles. The highest BCUT2D eigenvalue weighted by Crippen LogP contribution is 2.16. The summed E-state index contributed by atoms with van der Waals surface area (Å²) in [5.74, 6) is 0.449. The zero-order valence-corrected chi connectivity index (χ0v) is 12.6. The van der Waals surface area contributed by atoms with Crippen LogP contribution in [0, 0.1) is 6.92 Å². The van der Waals surface area contributed by atoms with Crippen molar-refractivity contribution in [3.05, 3.63) is 40.0 Å². The first-order valence-corrected chi connectivity index (χ1v) is 7.26. The second kappa shape index (κ2) is 6.47. The van der Waals surface area contributed by atoms with Gasteiger partial charge in [0.15, 0.2) is 0 Å². The van der Waals surface area contributed by atoms with Crippen LogP contribution in [-0.2, 0) is 6.42 Å². The lowest BCUT2D eigenvalue weighted by atomic mass is 10.2. The summed E-state index contributed by atoms with van der Waals surface area (Å²) >= 11 is 1.76. The zero-order chi connectivity index (χ0) is 14.5. The third-order valence-corrected chi connectivity index (χ3v) is 3.84. The number of anilines is 1. The normalized spacial score (nSPS) is 11.9. The molecule has 106 valence electrons. The predicted molar refractivity (Wildman–Crippen MR) is 81.3 cm³/mol. The molecule has 2 aromatic heterocycles. The molecular weight excluding hydrogens is 272 g/mol. The molecule has 1 unspecified atom stereocenters. The van der Waals surface area contributed by atoms with Crippen LogP contribution >= 0.6 is 11.3 Å². The summed E-state index contributed by atoms with van der Waals surface area (Å²) in [7, 11) is 1.76. The van der Waals surface area contributed by atoms with E-state index in [9.17, 15) is 4.79 Å². The van der Waals surface area contributed by atoms with E-state index >= 15 is 0 Å². The number of thiophene rings is 1. The molecule has 2 N–H and O–H groups in total. The first kappa shape index (κ1) is 14.5. The smallest absolute Gasteiger partial charge is 0.271 e. The van der Waals surface area contributed by atoms with Crippen LogP contribution in [0.15, 0.2) is 24.5 Å². The van der Waals surface area contributed by atoms with Crippen LogP contribution in [0.25, 0.3) is 0 Å². The lowest BCUT2D eigenvalue weighted by molar-refractivity contribution is 0.0935. The summed E-state index contributed by atoms with van der Waals surface area (Å²) in [6.07, 6.45) is 3.84. The fourth-order valence-electron chi connectivity index (χ4n) is 1.82. The number of nitrogens with zero attached hydrogens (tertiary/aromatic N) is 2.